The summed E-state index contributed by atoms with van der Waals surface area (Å²) < 4.78 is 11.4. The van der Waals surface area contributed by atoms with Crippen LogP contribution >= 0.6 is 0 Å². The molecule has 7 heteroatoms. The van der Waals surface area contributed by atoms with E-state index in [4.69, 9.17) is 14.7 Å². The van der Waals surface area contributed by atoms with Gasteiger partial charge in [0.1, 0.15) is 5.82 Å². The molecule has 0 atom stereocenters. The van der Waals surface area contributed by atoms with Crippen molar-refractivity contribution in [1.82, 2.24) is 9.88 Å². The van der Waals surface area contributed by atoms with Gasteiger partial charge < -0.3 is 19.7 Å². The van der Waals surface area contributed by atoms with Crippen molar-refractivity contribution in [3.8, 4) is 6.07 Å². The summed E-state index contributed by atoms with van der Waals surface area (Å²) in [7, 11) is 0. The lowest BCUT2D eigenvalue weighted by atomic mass is 10.0. The first kappa shape index (κ1) is 17.5. The number of hydrogen-bond acceptors (Lipinski definition) is 6. The molecule has 4 rings (SSSR count). The summed E-state index contributed by atoms with van der Waals surface area (Å²) in [4.78, 5) is 18.9. The lowest BCUT2D eigenvalue weighted by molar-refractivity contribution is -0.181. The van der Waals surface area contributed by atoms with Crippen LogP contribution in [0.3, 0.4) is 0 Å². The smallest absolute Gasteiger partial charge is 0.254 e. The van der Waals surface area contributed by atoms with Gasteiger partial charge >= 0.3 is 0 Å². The van der Waals surface area contributed by atoms with E-state index in [1.54, 1.807) is 36.5 Å². The Morgan fingerprint density at radius 3 is 2.70 bits per heavy atom. The number of benzene rings is 1. The molecule has 27 heavy (non-hydrogen) atoms. The number of rotatable bonds is 3. The van der Waals surface area contributed by atoms with E-state index in [2.05, 4.69) is 16.4 Å². The summed E-state index contributed by atoms with van der Waals surface area (Å²) in [5.74, 6) is 0.0407. The molecule has 2 aromatic rings. The molecule has 0 unspecified atom stereocenters. The molecule has 0 bridgehead atoms. The highest BCUT2D eigenvalue weighted by Gasteiger charge is 2.40. The molecule has 7 nitrogen and oxygen atoms in total. The van der Waals surface area contributed by atoms with Crippen LogP contribution in [-0.4, -0.2) is 47.9 Å². The molecule has 1 amide bonds. The predicted octanol–water partition coefficient (Wildman–Crippen LogP) is 2.68. The van der Waals surface area contributed by atoms with Gasteiger partial charge in [-0.25, -0.2) is 4.98 Å². The van der Waals surface area contributed by atoms with Crippen molar-refractivity contribution in [2.75, 3.05) is 31.6 Å². The highest BCUT2D eigenvalue weighted by molar-refractivity contribution is 5.95. The van der Waals surface area contributed by atoms with Crippen LogP contribution < -0.4 is 5.32 Å². The van der Waals surface area contributed by atoms with Crippen molar-refractivity contribution in [2.45, 2.75) is 18.6 Å². The number of nitrogens with zero attached hydrogens (tertiary/aromatic N) is 3. The largest absolute Gasteiger partial charge is 0.347 e. The van der Waals surface area contributed by atoms with Gasteiger partial charge in [0.15, 0.2) is 5.79 Å². The molecule has 1 N–H and O–H groups in total. The van der Waals surface area contributed by atoms with Gasteiger partial charge in [-0.2, -0.15) is 5.26 Å². The fourth-order valence-corrected chi connectivity index (χ4v) is 3.47. The average Bonchev–Trinajstić information content (AvgIpc) is 3.16. The minimum Gasteiger partial charge on any atom is -0.347 e. The molecular formula is C20H20N4O3. The Bertz CT molecular complexity index is 877. The van der Waals surface area contributed by atoms with Crippen molar-refractivity contribution < 1.29 is 14.3 Å². The number of carbonyl (C=O) groups excluding carboxylic acids is 1. The molecule has 2 fully saturated rings. The number of piperidine rings is 1. The van der Waals surface area contributed by atoms with Crippen LogP contribution in [0, 0.1) is 11.3 Å². The SMILES string of the molecule is N#Cc1cccc(Nc2cc(C(=O)N3CCC4(CC3)OCCO4)ccn2)c1. The number of anilines is 2. The van der Waals surface area contributed by atoms with Crippen molar-refractivity contribution in [2.24, 2.45) is 0 Å². The highest BCUT2D eigenvalue weighted by Crippen LogP contribution is 2.31. The lowest BCUT2D eigenvalue weighted by Crippen LogP contribution is -2.47. The van der Waals surface area contributed by atoms with Crippen molar-refractivity contribution in [3.63, 3.8) is 0 Å². The monoisotopic (exact) mass is 364 g/mol. The Labute approximate surface area is 157 Å². The fourth-order valence-electron chi connectivity index (χ4n) is 3.47. The van der Waals surface area contributed by atoms with Crippen LogP contribution in [0.4, 0.5) is 11.5 Å². The molecule has 0 saturated carbocycles. The zero-order valence-electron chi connectivity index (χ0n) is 14.9. The van der Waals surface area contributed by atoms with Crippen LogP contribution in [0.2, 0.25) is 0 Å². The number of aromatic nitrogens is 1. The van der Waals surface area contributed by atoms with Crippen LogP contribution in [0.25, 0.3) is 0 Å². The molecule has 0 radical (unpaired) electrons. The van der Waals surface area contributed by atoms with E-state index >= 15 is 0 Å². The Morgan fingerprint density at radius 1 is 1.19 bits per heavy atom. The first-order valence-corrected chi connectivity index (χ1v) is 8.98. The summed E-state index contributed by atoms with van der Waals surface area (Å²) in [6, 6.07) is 12.7. The Kier molecular flexibility index (Phi) is 4.75. The zero-order chi connectivity index (χ0) is 18.7. The molecule has 1 aromatic carbocycles. The number of carbonyl (C=O) groups is 1. The van der Waals surface area contributed by atoms with Crippen LogP contribution in [-0.2, 0) is 9.47 Å². The topological polar surface area (TPSA) is 87.5 Å². The second-order valence-electron chi connectivity index (χ2n) is 6.65. The Balaban J connectivity index is 1.44. The molecule has 2 aliphatic rings. The molecule has 1 aromatic heterocycles. The Morgan fingerprint density at radius 2 is 1.96 bits per heavy atom. The molecular weight excluding hydrogens is 344 g/mol. The Hall–Kier alpha value is -2.95. The van der Waals surface area contributed by atoms with Gasteiger partial charge in [-0.05, 0) is 30.3 Å². The summed E-state index contributed by atoms with van der Waals surface area (Å²) in [6.07, 6.45) is 2.99. The highest BCUT2D eigenvalue weighted by atomic mass is 16.7. The van der Waals surface area contributed by atoms with Gasteiger partial charge in [0.25, 0.3) is 5.91 Å². The number of amides is 1. The van der Waals surface area contributed by atoms with E-state index in [0.717, 1.165) is 5.69 Å². The summed E-state index contributed by atoms with van der Waals surface area (Å²) in [6.45, 7) is 2.46. The number of hydrogen-bond donors (Lipinski definition) is 1. The van der Waals surface area contributed by atoms with Crippen molar-refractivity contribution in [1.29, 1.82) is 5.26 Å². The quantitative estimate of drug-likeness (QED) is 0.901. The van der Waals surface area contributed by atoms with E-state index < -0.39 is 5.79 Å². The van der Waals surface area contributed by atoms with E-state index in [1.165, 1.54) is 0 Å². The average molecular weight is 364 g/mol. The van der Waals surface area contributed by atoms with E-state index in [0.29, 0.717) is 56.1 Å². The fraction of sp³-hybridized carbons (Fsp3) is 0.350. The summed E-state index contributed by atoms with van der Waals surface area (Å²) in [5.41, 5.74) is 1.89. The number of ether oxygens (including phenoxy) is 2. The maximum Gasteiger partial charge on any atom is 0.254 e. The van der Waals surface area contributed by atoms with Crippen LogP contribution in [0.15, 0.2) is 42.6 Å². The van der Waals surface area contributed by atoms with Crippen molar-refractivity contribution >= 4 is 17.4 Å². The second kappa shape index (κ2) is 7.35. The first-order valence-electron chi connectivity index (χ1n) is 8.98. The van der Waals surface area contributed by atoms with Gasteiger partial charge in [0.05, 0.1) is 24.8 Å². The number of nitriles is 1. The minimum atomic E-state index is -0.493. The van der Waals surface area contributed by atoms with Crippen molar-refractivity contribution in [3.05, 3.63) is 53.7 Å². The predicted molar refractivity (Wildman–Crippen MR) is 98.4 cm³/mol. The van der Waals surface area contributed by atoms with E-state index in [9.17, 15) is 4.79 Å². The van der Waals surface area contributed by atoms with Gasteiger partial charge in [-0.1, -0.05) is 6.07 Å². The van der Waals surface area contributed by atoms with E-state index in [1.807, 2.05) is 11.0 Å². The van der Waals surface area contributed by atoms with Crippen LogP contribution in [0.5, 0.6) is 0 Å². The molecule has 0 aliphatic carbocycles. The standard InChI is InChI=1S/C20H20N4O3/c21-14-15-2-1-3-17(12-15)23-18-13-16(4-7-22-18)19(25)24-8-5-20(6-9-24)26-10-11-27-20/h1-4,7,12-13H,5-6,8-11H2,(H,22,23). The number of pyridine rings is 1. The summed E-state index contributed by atoms with van der Waals surface area (Å²) >= 11 is 0. The molecule has 2 aliphatic heterocycles. The molecule has 1 spiro atoms. The lowest BCUT2D eigenvalue weighted by Gasteiger charge is -2.37. The maximum atomic E-state index is 12.9. The third kappa shape index (κ3) is 3.77. The first-order chi connectivity index (χ1) is 13.2. The van der Waals surface area contributed by atoms with Gasteiger partial charge in [-0.3, -0.25) is 4.79 Å². The third-order valence-electron chi connectivity index (χ3n) is 4.90. The third-order valence-corrected chi connectivity index (χ3v) is 4.90. The number of nitrogens with one attached hydrogen (secondary N) is 1. The van der Waals surface area contributed by atoms with Crippen LogP contribution in [0.1, 0.15) is 28.8 Å². The van der Waals surface area contributed by atoms with Gasteiger partial charge in [-0.15, -0.1) is 0 Å². The molecule has 2 saturated heterocycles. The second-order valence-corrected chi connectivity index (χ2v) is 6.65. The number of likely N-dealkylation sites (tertiary alicyclic amines) is 1. The van der Waals surface area contributed by atoms with Gasteiger partial charge in [0.2, 0.25) is 0 Å². The van der Waals surface area contributed by atoms with E-state index in [-0.39, 0.29) is 5.91 Å². The van der Waals surface area contributed by atoms with Gasteiger partial charge in [0, 0.05) is 43.4 Å². The zero-order valence-corrected chi connectivity index (χ0v) is 14.9. The normalized spacial score (nSPS) is 18.3. The summed E-state index contributed by atoms with van der Waals surface area (Å²) in [5, 5.41) is 12.1. The molecule has 138 valence electrons. The molecule has 3 heterocycles. The minimum absolute atomic E-state index is 0.0286. The maximum absolute atomic E-state index is 12.9.